The molecule has 1 N–H and O–H groups in total. The van der Waals surface area contributed by atoms with Crippen molar-refractivity contribution in [3.05, 3.63) is 64.9 Å². The second-order valence-corrected chi connectivity index (χ2v) is 7.33. The zero-order valence-corrected chi connectivity index (χ0v) is 18.1. The second-order valence-electron chi connectivity index (χ2n) is 6.92. The number of rotatable bonds is 11. The average Bonchev–Trinajstić information content (AvgIpc) is 2.74. The van der Waals surface area contributed by atoms with Crippen molar-refractivity contribution in [3.63, 3.8) is 0 Å². The minimum atomic E-state index is -0.651. The van der Waals surface area contributed by atoms with Gasteiger partial charge in [-0.15, -0.1) is 0 Å². The van der Waals surface area contributed by atoms with Gasteiger partial charge in [0.2, 0.25) is 5.91 Å². The third kappa shape index (κ3) is 7.02. The van der Waals surface area contributed by atoms with Crippen LogP contribution in [0.25, 0.3) is 0 Å². The van der Waals surface area contributed by atoms with Crippen molar-refractivity contribution in [2.45, 2.75) is 45.7 Å². The van der Waals surface area contributed by atoms with Crippen molar-refractivity contribution in [2.75, 3.05) is 13.2 Å². The van der Waals surface area contributed by atoms with Crippen molar-refractivity contribution in [3.8, 4) is 5.75 Å². The minimum Gasteiger partial charge on any atom is -0.484 e. The maximum absolute atomic E-state index is 13.1. The predicted molar refractivity (Wildman–Crippen MR) is 116 cm³/mol. The molecular weight excluding hydrogens is 407 g/mol. The summed E-state index contributed by atoms with van der Waals surface area (Å²) in [6.07, 6.45) is 2.28. The molecule has 0 saturated heterocycles. The van der Waals surface area contributed by atoms with E-state index in [-0.39, 0.29) is 30.8 Å². The van der Waals surface area contributed by atoms with E-state index in [2.05, 4.69) is 5.32 Å². The Kier molecular flexibility index (Phi) is 9.61. The lowest BCUT2D eigenvalue weighted by Gasteiger charge is -2.30. The normalized spacial score (nSPS) is 11.6. The number of hydrogen-bond donors (Lipinski definition) is 1. The number of unbranched alkanes of at least 4 members (excludes halogenated alkanes) is 1. The zero-order chi connectivity index (χ0) is 21.9. The summed E-state index contributed by atoms with van der Waals surface area (Å²) in [5.74, 6) is -0.559. The van der Waals surface area contributed by atoms with Gasteiger partial charge < -0.3 is 15.0 Å². The Morgan fingerprint density at radius 1 is 1.13 bits per heavy atom. The largest absolute Gasteiger partial charge is 0.484 e. The molecule has 2 aromatic rings. The fraction of sp³-hybridized carbons (Fsp3) is 0.391. The van der Waals surface area contributed by atoms with E-state index in [0.717, 1.165) is 18.4 Å². The molecule has 2 aromatic carbocycles. The van der Waals surface area contributed by atoms with Crippen LogP contribution in [0.1, 0.15) is 38.7 Å². The molecule has 1 atom stereocenters. The van der Waals surface area contributed by atoms with Crippen LogP contribution in [0, 0.1) is 5.82 Å². The van der Waals surface area contributed by atoms with Gasteiger partial charge in [0, 0.05) is 18.1 Å². The Morgan fingerprint density at radius 3 is 2.47 bits per heavy atom. The van der Waals surface area contributed by atoms with Crippen LogP contribution in [0.3, 0.4) is 0 Å². The molecule has 2 amide bonds. The summed E-state index contributed by atoms with van der Waals surface area (Å²) in [4.78, 5) is 27.3. The van der Waals surface area contributed by atoms with Gasteiger partial charge in [-0.2, -0.15) is 0 Å². The molecule has 0 heterocycles. The number of ether oxygens (including phenoxy) is 1. The van der Waals surface area contributed by atoms with E-state index in [0.29, 0.717) is 23.7 Å². The number of halogens is 2. The van der Waals surface area contributed by atoms with Crippen LogP contribution in [-0.4, -0.2) is 35.9 Å². The van der Waals surface area contributed by atoms with Crippen LogP contribution in [0.2, 0.25) is 5.02 Å². The summed E-state index contributed by atoms with van der Waals surface area (Å²) >= 11 is 6.29. The third-order valence-electron chi connectivity index (χ3n) is 4.69. The Hall–Kier alpha value is -2.60. The van der Waals surface area contributed by atoms with Crippen LogP contribution >= 0.6 is 11.6 Å². The molecule has 0 spiro atoms. The van der Waals surface area contributed by atoms with Crippen LogP contribution in [0.4, 0.5) is 4.39 Å². The summed E-state index contributed by atoms with van der Waals surface area (Å²) in [6.45, 7) is 4.38. The summed E-state index contributed by atoms with van der Waals surface area (Å²) in [6, 6.07) is 12.0. The molecule has 0 fully saturated rings. The quantitative estimate of drug-likeness (QED) is 0.526. The average molecular weight is 435 g/mol. The lowest BCUT2D eigenvalue weighted by molar-refractivity contribution is -0.143. The van der Waals surface area contributed by atoms with Crippen molar-refractivity contribution >= 4 is 23.4 Å². The van der Waals surface area contributed by atoms with E-state index >= 15 is 0 Å². The van der Waals surface area contributed by atoms with E-state index < -0.39 is 6.04 Å². The van der Waals surface area contributed by atoms with Crippen molar-refractivity contribution in [1.82, 2.24) is 10.2 Å². The fourth-order valence-electron chi connectivity index (χ4n) is 2.99. The number of amides is 2. The fourth-order valence-corrected chi connectivity index (χ4v) is 3.19. The van der Waals surface area contributed by atoms with Gasteiger partial charge in [-0.1, -0.05) is 50.1 Å². The van der Waals surface area contributed by atoms with Crippen LogP contribution in [0.5, 0.6) is 5.75 Å². The van der Waals surface area contributed by atoms with Crippen LogP contribution in [0.15, 0.2) is 48.5 Å². The van der Waals surface area contributed by atoms with Crippen molar-refractivity contribution in [1.29, 1.82) is 0 Å². The van der Waals surface area contributed by atoms with E-state index in [4.69, 9.17) is 16.3 Å². The summed E-state index contributed by atoms with van der Waals surface area (Å²) in [5, 5.41) is 3.43. The molecule has 0 aromatic heterocycles. The molecule has 0 radical (unpaired) electrons. The highest BCUT2D eigenvalue weighted by Crippen LogP contribution is 2.20. The molecule has 5 nitrogen and oxygen atoms in total. The van der Waals surface area contributed by atoms with E-state index in [9.17, 15) is 14.0 Å². The van der Waals surface area contributed by atoms with Gasteiger partial charge in [0.1, 0.15) is 17.6 Å². The predicted octanol–water partition coefficient (Wildman–Crippen LogP) is 4.58. The maximum atomic E-state index is 13.1. The monoisotopic (exact) mass is 434 g/mol. The number of nitrogens with zero attached hydrogens (tertiary/aromatic N) is 1. The van der Waals surface area contributed by atoms with Gasteiger partial charge in [-0.25, -0.2) is 4.39 Å². The molecule has 0 aliphatic heterocycles. The standard InChI is InChI=1S/C23H28ClFN2O3/c1-3-5-14-26-23(29)21(4-2)27(15-17-8-6-7-9-20(17)24)22(28)16-30-19-12-10-18(25)11-13-19/h6-13,21H,3-5,14-16H2,1-2H3,(H,26,29). The Labute approximate surface area is 182 Å². The summed E-state index contributed by atoms with van der Waals surface area (Å²) in [5.41, 5.74) is 0.745. The highest BCUT2D eigenvalue weighted by molar-refractivity contribution is 6.31. The molecule has 0 aliphatic rings. The first-order valence-corrected chi connectivity index (χ1v) is 10.5. The number of hydrogen-bond acceptors (Lipinski definition) is 3. The lowest BCUT2D eigenvalue weighted by Crippen LogP contribution is -2.50. The van der Waals surface area contributed by atoms with E-state index in [1.54, 1.807) is 6.07 Å². The topological polar surface area (TPSA) is 58.6 Å². The first kappa shape index (κ1) is 23.7. The maximum Gasteiger partial charge on any atom is 0.261 e. The van der Waals surface area contributed by atoms with Gasteiger partial charge >= 0.3 is 0 Å². The highest BCUT2D eigenvalue weighted by atomic mass is 35.5. The molecule has 162 valence electrons. The van der Waals surface area contributed by atoms with E-state index in [1.807, 2.05) is 32.0 Å². The Bertz CT molecular complexity index is 829. The molecule has 7 heteroatoms. The first-order chi connectivity index (χ1) is 14.5. The molecule has 0 aliphatic carbocycles. The molecule has 2 rings (SSSR count). The number of carbonyl (C=O) groups is 2. The minimum absolute atomic E-state index is 0.186. The summed E-state index contributed by atoms with van der Waals surface area (Å²) < 4.78 is 18.6. The number of carbonyl (C=O) groups excluding carboxylic acids is 2. The molecule has 1 unspecified atom stereocenters. The van der Waals surface area contributed by atoms with Gasteiger partial charge in [0.25, 0.3) is 5.91 Å². The van der Waals surface area contributed by atoms with Crippen LogP contribution < -0.4 is 10.1 Å². The number of nitrogens with one attached hydrogen (secondary N) is 1. The van der Waals surface area contributed by atoms with Gasteiger partial charge in [0.15, 0.2) is 6.61 Å². The number of benzene rings is 2. The van der Waals surface area contributed by atoms with Crippen LogP contribution in [-0.2, 0) is 16.1 Å². The summed E-state index contributed by atoms with van der Waals surface area (Å²) in [7, 11) is 0. The van der Waals surface area contributed by atoms with Gasteiger partial charge in [-0.3, -0.25) is 9.59 Å². The molecular formula is C23H28ClFN2O3. The SMILES string of the molecule is CCCCNC(=O)C(CC)N(Cc1ccccc1Cl)C(=O)COc1ccc(F)cc1. The lowest BCUT2D eigenvalue weighted by atomic mass is 10.1. The van der Waals surface area contributed by atoms with E-state index in [1.165, 1.54) is 29.2 Å². The Morgan fingerprint density at radius 2 is 1.83 bits per heavy atom. The molecule has 0 bridgehead atoms. The second kappa shape index (κ2) is 12.2. The Balaban J connectivity index is 2.17. The van der Waals surface area contributed by atoms with Crippen molar-refractivity contribution in [2.24, 2.45) is 0 Å². The smallest absolute Gasteiger partial charge is 0.261 e. The third-order valence-corrected chi connectivity index (χ3v) is 5.06. The highest BCUT2D eigenvalue weighted by Gasteiger charge is 2.29. The zero-order valence-electron chi connectivity index (χ0n) is 17.4. The van der Waals surface area contributed by atoms with Gasteiger partial charge in [-0.05, 0) is 48.7 Å². The van der Waals surface area contributed by atoms with Crippen molar-refractivity contribution < 1.29 is 18.7 Å². The molecule has 30 heavy (non-hydrogen) atoms. The first-order valence-electron chi connectivity index (χ1n) is 10.1. The van der Waals surface area contributed by atoms with Gasteiger partial charge in [0.05, 0.1) is 0 Å². The molecule has 0 saturated carbocycles.